The fourth-order valence-corrected chi connectivity index (χ4v) is 10.6. The lowest BCUT2D eigenvalue weighted by atomic mass is 9.89. The first kappa shape index (κ1) is 56.3. The van der Waals surface area contributed by atoms with E-state index in [1.54, 1.807) is 54.6 Å². The van der Waals surface area contributed by atoms with Crippen molar-refractivity contribution in [2.75, 3.05) is 41.5 Å². The van der Waals surface area contributed by atoms with Gasteiger partial charge in [-0.2, -0.15) is 0 Å². The molecule has 0 radical (unpaired) electrons. The van der Waals surface area contributed by atoms with Gasteiger partial charge in [-0.15, -0.1) is 5.10 Å². The summed E-state index contributed by atoms with van der Waals surface area (Å²) in [6, 6.07) is 5.69. The monoisotopic (exact) mass is 964 g/mol. The minimum absolute atomic E-state index is 0.0383. The number of aromatic nitrogens is 4. The normalized spacial score (nSPS) is 18.4. The Bertz CT molecular complexity index is 1870. The fourth-order valence-electron chi connectivity index (χ4n) is 8.49. The second-order valence-electron chi connectivity index (χ2n) is 18.8. The molecule has 0 aliphatic carbocycles. The van der Waals surface area contributed by atoms with Crippen molar-refractivity contribution in [3.05, 3.63) is 35.9 Å². The summed E-state index contributed by atoms with van der Waals surface area (Å²) >= 11 is 0. The van der Waals surface area contributed by atoms with Crippen LogP contribution in [-0.2, 0) is 40.4 Å². The van der Waals surface area contributed by atoms with Gasteiger partial charge in [-0.3, -0.25) is 24.1 Å². The summed E-state index contributed by atoms with van der Waals surface area (Å²) in [6.45, 7) is 19.2. The summed E-state index contributed by atoms with van der Waals surface area (Å²) in [5.41, 5.74) is 0.691. The number of benzene rings is 1. The third-order valence-corrected chi connectivity index (χ3v) is 15.7. The number of aliphatic hydroxyl groups excluding tert-OH is 1. The van der Waals surface area contributed by atoms with E-state index in [0.717, 1.165) is 6.42 Å². The molecule has 5 amide bonds. The summed E-state index contributed by atoms with van der Waals surface area (Å²) in [5.74, 6) is -2.77. The van der Waals surface area contributed by atoms with Gasteiger partial charge in [0, 0.05) is 41.9 Å². The predicted molar refractivity (Wildman–Crippen MR) is 256 cm³/mol. The van der Waals surface area contributed by atoms with Gasteiger partial charge in [0.15, 0.2) is 0 Å². The molecule has 0 spiro atoms. The van der Waals surface area contributed by atoms with E-state index in [1.807, 2.05) is 73.6 Å². The Morgan fingerprint density at radius 1 is 0.939 bits per heavy atom. The largest absolute Gasteiger partial charge is 0.448 e. The molecule has 1 aromatic heterocycles. The number of tetrazole rings is 1. The van der Waals surface area contributed by atoms with Crippen molar-refractivity contribution in [2.24, 2.45) is 30.7 Å². The van der Waals surface area contributed by atoms with Gasteiger partial charge in [-0.05, 0) is 78.2 Å². The maximum absolute atomic E-state index is 14.6. The number of ether oxygens (including phenoxy) is 3. The Morgan fingerprint density at radius 3 is 2.14 bits per heavy atom. The fraction of sp³-hybridized carbons (Fsp3) is 0.739. The third-order valence-electron chi connectivity index (χ3n) is 12.5. The van der Waals surface area contributed by atoms with Crippen LogP contribution in [0.2, 0.25) is 0 Å². The van der Waals surface area contributed by atoms with Crippen molar-refractivity contribution >= 4 is 51.3 Å². The molecule has 10 atom stereocenters. The van der Waals surface area contributed by atoms with E-state index in [2.05, 4.69) is 26.2 Å². The summed E-state index contributed by atoms with van der Waals surface area (Å²) in [7, 11) is 10.8. The zero-order chi connectivity index (χ0) is 49.6. The molecule has 1 aromatic carbocycles. The lowest BCUT2D eigenvalue weighted by molar-refractivity contribution is -0.148. The number of hydrogen-bond donors (Lipinski definition) is 3. The first-order valence-corrected chi connectivity index (χ1v) is 25.1. The quantitative estimate of drug-likeness (QED) is 0.110. The third kappa shape index (κ3) is 15.0. The Balaban J connectivity index is 1.73. The summed E-state index contributed by atoms with van der Waals surface area (Å²) in [6.07, 6.45) is -0.935. The number of methoxy groups -OCH3 is 2. The maximum atomic E-state index is 14.6. The van der Waals surface area contributed by atoms with E-state index in [9.17, 15) is 29.1 Å². The van der Waals surface area contributed by atoms with Crippen LogP contribution in [0.3, 0.4) is 0 Å². The topological polar surface area (TPSA) is 211 Å². The number of rotatable bonds is 25. The van der Waals surface area contributed by atoms with Gasteiger partial charge in [0.1, 0.15) is 18.7 Å². The van der Waals surface area contributed by atoms with Crippen LogP contribution in [0.25, 0.3) is 0 Å². The first-order chi connectivity index (χ1) is 31.0. The number of carbonyl (C=O) groups is 5. The van der Waals surface area contributed by atoms with E-state index in [-0.39, 0.29) is 48.5 Å². The van der Waals surface area contributed by atoms with Crippen molar-refractivity contribution in [1.82, 2.24) is 45.5 Å². The molecular formula is C46H77N9O9S2. The number of nitrogens with zero attached hydrogens (tertiary/aromatic N) is 7. The highest BCUT2D eigenvalue weighted by Crippen LogP contribution is 2.39. The van der Waals surface area contributed by atoms with E-state index >= 15 is 0 Å². The molecule has 18 nitrogen and oxygen atoms in total. The van der Waals surface area contributed by atoms with Crippen LogP contribution in [0, 0.1) is 23.7 Å². The molecule has 66 heavy (non-hydrogen) atoms. The molecule has 1 aliphatic heterocycles. The minimum atomic E-state index is -0.968. The highest BCUT2D eigenvalue weighted by molar-refractivity contribution is 8.77. The second-order valence-corrected chi connectivity index (χ2v) is 21.6. The lowest BCUT2D eigenvalue weighted by Crippen LogP contribution is -2.60. The summed E-state index contributed by atoms with van der Waals surface area (Å²) in [4.78, 5) is 74.8. The zero-order valence-electron chi connectivity index (χ0n) is 41.7. The minimum Gasteiger partial charge on any atom is -0.448 e. The van der Waals surface area contributed by atoms with Crippen LogP contribution in [0.1, 0.15) is 107 Å². The number of aryl methyl sites for hydroxylation is 1. The van der Waals surface area contributed by atoms with Gasteiger partial charge in [0.05, 0.1) is 53.5 Å². The SMILES string of the molecule is CC[C@H](C)[C@@H]([C@@H](CC(=O)N1CCC[C@H]1[C@H](OC)[C@@H](C)C(=O)N[C@H](C)[C@@H](O)c1ccccc1)OC)N(C)C(=O)[C@@H](NC(=O)[C@H](C(C)C)N(C)C(=O)OCC(C)(C)SSc1nnnn1C)C(C)C. The van der Waals surface area contributed by atoms with Gasteiger partial charge in [0.25, 0.3) is 0 Å². The number of hydrogen-bond acceptors (Lipinski definition) is 14. The average Bonchev–Trinajstić information content (AvgIpc) is 3.94. The van der Waals surface area contributed by atoms with Crippen molar-refractivity contribution in [1.29, 1.82) is 0 Å². The lowest BCUT2D eigenvalue weighted by Gasteiger charge is -2.41. The second kappa shape index (κ2) is 26.0. The number of likely N-dealkylation sites (tertiary alicyclic amines) is 1. The molecule has 2 heterocycles. The molecular weight excluding hydrogens is 887 g/mol. The molecule has 0 unspecified atom stereocenters. The molecule has 0 saturated carbocycles. The summed E-state index contributed by atoms with van der Waals surface area (Å²) < 4.78 is 18.7. The Hall–Kier alpha value is -3.98. The Kier molecular flexibility index (Phi) is 22.2. The zero-order valence-corrected chi connectivity index (χ0v) is 43.4. The average molecular weight is 964 g/mol. The van der Waals surface area contributed by atoms with Crippen molar-refractivity contribution < 1.29 is 43.3 Å². The number of nitrogens with one attached hydrogen (secondary N) is 2. The molecule has 1 aliphatic rings. The van der Waals surface area contributed by atoms with Gasteiger partial charge in [0.2, 0.25) is 28.8 Å². The van der Waals surface area contributed by atoms with Gasteiger partial charge in [-0.1, -0.05) is 96.0 Å². The van der Waals surface area contributed by atoms with Crippen LogP contribution in [-0.4, -0.2) is 158 Å². The maximum Gasteiger partial charge on any atom is 0.410 e. The predicted octanol–water partition coefficient (Wildman–Crippen LogP) is 5.12. The molecule has 2 aromatic rings. The van der Waals surface area contributed by atoms with Crippen LogP contribution < -0.4 is 10.6 Å². The molecule has 1 fully saturated rings. The Morgan fingerprint density at radius 2 is 1.59 bits per heavy atom. The van der Waals surface area contributed by atoms with E-state index in [4.69, 9.17) is 14.2 Å². The van der Waals surface area contributed by atoms with Gasteiger partial charge < -0.3 is 39.8 Å². The van der Waals surface area contributed by atoms with E-state index in [0.29, 0.717) is 30.1 Å². The highest BCUT2D eigenvalue weighted by Gasteiger charge is 2.44. The first-order valence-electron chi connectivity index (χ1n) is 22.9. The van der Waals surface area contributed by atoms with Crippen molar-refractivity contribution in [3.8, 4) is 0 Å². The smallest absolute Gasteiger partial charge is 0.410 e. The molecule has 372 valence electrons. The molecule has 3 rings (SSSR count). The summed E-state index contributed by atoms with van der Waals surface area (Å²) in [5, 5.41) is 28.9. The van der Waals surface area contributed by atoms with Crippen LogP contribution >= 0.6 is 21.6 Å². The van der Waals surface area contributed by atoms with Gasteiger partial charge >= 0.3 is 6.09 Å². The number of likely N-dealkylation sites (N-methyl/N-ethyl adjacent to an activating group) is 2. The number of amides is 5. The van der Waals surface area contributed by atoms with Gasteiger partial charge in [-0.25, -0.2) is 9.48 Å². The Labute approximate surface area is 400 Å². The molecule has 1 saturated heterocycles. The molecule has 0 bridgehead atoms. The highest BCUT2D eigenvalue weighted by atomic mass is 33.1. The number of carbonyl (C=O) groups excluding carboxylic acids is 5. The number of aliphatic hydroxyl groups is 1. The van der Waals surface area contributed by atoms with Crippen molar-refractivity contribution in [3.63, 3.8) is 0 Å². The molecule has 3 N–H and O–H groups in total. The van der Waals surface area contributed by atoms with E-state index in [1.165, 1.54) is 47.8 Å². The van der Waals surface area contributed by atoms with Crippen LogP contribution in [0.5, 0.6) is 0 Å². The van der Waals surface area contributed by atoms with Crippen LogP contribution in [0.4, 0.5) is 4.79 Å². The van der Waals surface area contributed by atoms with E-state index < -0.39 is 71.2 Å². The standard InChI is InChI=1S/C46H77N9O9S2/c1-16-29(6)38(34(62-14)25-35(56)55-24-20-23-33(55)40(63-15)30(7)41(58)47-31(8)39(57)32-21-18-17-19-22-32)52(11)43(60)36(27(2)3)48-42(59)37(28(4)5)53(12)45(61)64-26-46(9,10)66-65-44-49-50-51-54(44)13/h17-19,21-22,27-31,33-34,36-40,57H,16,20,23-26H2,1-15H3,(H,47,58)(H,48,59)/t29-,30+,31+,33-,34+,36-,37-,38-,39+,40+/m0/s1. The van der Waals surface area contributed by atoms with Crippen molar-refractivity contribution in [2.45, 2.75) is 153 Å². The molecule has 20 heteroatoms. The van der Waals surface area contributed by atoms with Crippen LogP contribution in [0.15, 0.2) is 35.5 Å².